The van der Waals surface area contributed by atoms with E-state index in [9.17, 15) is 4.79 Å². The van der Waals surface area contributed by atoms with Gasteiger partial charge in [-0.15, -0.1) is 0 Å². The van der Waals surface area contributed by atoms with Crippen LogP contribution in [-0.4, -0.2) is 24.9 Å². The quantitative estimate of drug-likeness (QED) is 0.812. The Morgan fingerprint density at radius 2 is 2.10 bits per heavy atom. The second kappa shape index (κ2) is 5.42. The van der Waals surface area contributed by atoms with E-state index in [1.54, 1.807) is 12.1 Å². The maximum Gasteiger partial charge on any atom is 0.232 e. The summed E-state index contributed by atoms with van der Waals surface area (Å²) in [5.41, 5.74) is 7.08. The van der Waals surface area contributed by atoms with Crippen LogP contribution in [0.3, 0.4) is 0 Å². The highest BCUT2D eigenvalue weighted by Crippen LogP contribution is 2.41. The van der Waals surface area contributed by atoms with Crippen LogP contribution in [0.5, 0.6) is 0 Å². The van der Waals surface area contributed by atoms with Crippen LogP contribution in [0, 0.1) is 5.92 Å². The maximum atomic E-state index is 12.5. The first-order valence-corrected chi connectivity index (χ1v) is 7.14. The van der Waals surface area contributed by atoms with Gasteiger partial charge in [-0.3, -0.25) is 4.79 Å². The van der Waals surface area contributed by atoms with E-state index in [1.807, 2.05) is 12.1 Å². The predicted molar refractivity (Wildman–Crippen MR) is 76.1 cm³/mol. The molecule has 0 bridgehead atoms. The summed E-state index contributed by atoms with van der Waals surface area (Å²) in [5.74, 6) is -1.000. The van der Waals surface area contributed by atoms with E-state index in [2.05, 4.69) is 5.32 Å². The minimum atomic E-state index is -0.706. The molecule has 1 saturated heterocycles. The molecule has 1 heterocycles. The van der Waals surface area contributed by atoms with Crippen molar-refractivity contribution in [2.45, 2.75) is 31.5 Å². The van der Waals surface area contributed by atoms with Gasteiger partial charge in [0.05, 0.1) is 19.1 Å². The zero-order valence-corrected chi connectivity index (χ0v) is 11.4. The van der Waals surface area contributed by atoms with Crippen LogP contribution in [0.15, 0.2) is 24.3 Å². The lowest BCUT2D eigenvalue weighted by Gasteiger charge is -2.38. The lowest BCUT2D eigenvalue weighted by Crippen LogP contribution is -2.47. The van der Waals surface area contributed by atoms with Crippen molar-refractivity contribution < 1.29 is 14.3 Å². The zero-order chi connectivity index (χ0) is 14.0. The number of amides is 1. The Morgan fingerprint density at radius 1 is 1.30 bits per heavy atom. The van der Waals surface area contributed by atoms with E-state index < -0.39 is 5.79 Å². The highest BCUT2D eigenvalue weighted by molar-refractivity contribution is 5.93. The second-order valence-electron chi connectivity index (χ2n) is 5.42. The van der Waals surface area contributed by atoms with Crippen molar-refractivity contribution in [1.29, 1.82) is 0 Å². The molecule has 1 aliphatic heterocycles. The van der Waals surface area contributed by atoms with E-state index in [1.165, 1.54) is 0 Å². The Kier molecular flexibility index (Phi) is 3.63. The van der Waals surface area contributed by atoms with Gasteiger partial charge in [-0.2, -0.15) is 0 Å². The number of nitrogen functional groups attached to an aromatic ring is 1. The number of benzene rings is 1. The van der Waals surface area contributed by atoms with Gasteiger partial charge in [-0.25, -0.2) is 0 Å². The van der Waals surface area contributed by atoms with Crippen molar-refractivity contribution in [3.8, 4) is 0 Å². The molecule has 1 amide bonds. The van der Waals surface area contributed by atoms with Gasteiger partial charge < -0.3 is 20.5 Å². The molecule has 20 heavy (non-hydrogen) atoms. The van der Waals surface area contributed by atoms with Crippen molar-refractivity contribution in [2.75, 3.05) is 24.3 Å². The largest absolute Gasteiger partial charge is 0.399 e. The van der Waals surface area contributed by atoms with Crippen molar-refractivity contribution in [3.63, 3.8) is 0 Å². The standard InChI is InChI=1S/C15H20N2O3/c16-11-4-3-5-12(10-11)17-14(18)13-6-1-2-7-15(13)19-8-9-20-15/h3-5,10,13H,1-2,6-9,16H2,(H,17,18). The first kappa shape index (κ1) is 13.4. The average Bonchev–Trinajstić information content (AvgIpc) is 2.88. The summed E-state index contributed by atoms with van der Waals surface area (Å²) in [6.45, 7) is 1.14. The van der Waals surface area contributed by atoms with E-state index in [4.69, 9.17) is 15.2 Å². The Bertz CT molecular complexity index is 498. The molecule has 0 radical (unpaired) electrons. The summed E-state index contributed by atoms with van der Waals surface area (Å²) >= 11 is 0. The Hall–Kier alpha value is -1.59. The molecule has 1 saturated carbocycles. The monoisotopic (exact) mass is 276 g/mol. The molecule has 1 spiro atoms. The molecule has 1 aromatic rings. The first-order chi connectivity index (χ1) is 9.70. The Labute approximate surface area is 118 Å². The highest BCUT2D eigenvalue weighted by Gasteiger charge is 2.49. The lowest BCUT2D eigenvalue weighted by molar-refractivity contribution is -0.210. The topological polar surface area (TPSA) is 73.6 Å². The first-order valence-electron chi connectivity index (χ1n) is 7.14. The summed E-state index contributed by atoms with van der Waals surface area (Å²) in [7, 11) is 0. The molecule has 1 aromatic carbocycles. The number of carbonyl (C=O) groups excluding carboxylic acids is 1. The van der Waals surface area contributed by atoms with Crippen LogP contribution in [0.2, 0.25) is 0 Å². The van der Waals surface area contributed by atoms with Gasteiger partial charge >= 0.3 is 0 Å². The number of hydrogen-bond donors (Lipinski definition) is 2. The van der Waals surface area contributed by atoms with E-state index >= 15 is 0 Å². The predicted octanol–water partition coefficient (Wildman–Crippen LogP) is 2.14. The second-order valence-corrected chi connectivity index (χ2v) is 5.42. The summed E-state index contributed by atoms with van der Waals surface area (Å²) in [4.78, 5) is 12.5. The number of rotatable bonds is 2. The molecule has 2 fully saturated rings. The molecule has 3 N–H and O–H groups in total. The van der Waals surface area contributed by atoms with Gasteiger partial charge in [-0.1, -0.05) is 12.5 Å². The fourth-order valence-electron chi connectivity index (χ4n) is 3.11. The number of ether oxygens (including phenoxy) is 2. The van der Waals surface area contributed by atoms with Crippen LogP contribution in [-0.2, 0) is 14.3 Å². The van der Waals surface area contributed by atoms with Crippen molar-refractivity contribution in [1.82, 2.24) is 0 Å². The Morgan fingerprint density at radius 3 is 2.85 bits per heavy atom. The minimum Gasteiger partial charge on any atom is -0.399 e. The number of nitrogens with two attached hydrogens (primary N) is 1. The molecule has 3 rings (SSSR count). The summed E-state index contributed by atoms with van der Waals surface area (Å²) in [5, 5.41) is 2.92. The van der Waals surface area contributed by atoms with Crippen molar-refractivity contribution >= 4 is 17.3 Å². The van der Waals surface area contributed by atoms with Crippen molar-refractivity contribution in [3.05, 3.63) is 24.3 Å². The van der Waals surface area contributed by atoms with Crippen LogP contribution in [0.4, 0.5) is 11.4 Å². The van der Waals surface area contributed by atoms with Crippen LogP contribution in [0.1, 0.15) is 25.7 Å². The van der Waals surface area contributed by atoms with Crippen LogP contribution < -0.4 is 11.1 Å². The molecule has 0 aromatic heterocycles. The SMILES string of the molecule is Nc1cccc(NC(=O)C2CCCCC23OCCO3)c1. The van der Waals surface area contributed by atoms with Gasteiger partial charge in [0, 0.05) is 17.8 Å². The molecule has 1 aliphatic carbocycles. The molecule has 5 nitrogen and oxygen atoms in total. The molecule has 1 atom stereocenters. The van der Waals surface area contributed by atoms with Crippen LogP contribution in [0.25, 0.3) is 0 Å². The van der Waals surface area contributed by atoms with Gasteiger partial charge in [0.1, 0.15) is 0 Å². The minimum absolute atomic E-state index is 0.0443. The van der Waals surface area contributed by atoms with Gasteiger partial charge in [0.2, 0.25) is 5.91 Å². The third-order valence-electron chi connectivity index (χ3n) is 4.05. The van der Waals surface area contributed by atoms with Crippen LogP contribution >= 0.6 is 0 Å². The third kappa shape index (κ3) is 2.51. The molecular weight excluding hydrogens is 256 g/mol. The number of carbonyl (C=O) groups is 1. The lowest BCUT2D eigenvalue weighted by atomic mass is 9.82. The summed E-state index contributed by atoms with van der Waals surface area (Å²) in [6.07, 6.45) is 3.67. The summed E-state index contributed by atoms with van der Waals surface area (Å²) < 4.78 is 11.5. The Balaban J connectivity index is 1.75. The molecule has 5 heteroatoms. The zero-order valence-electron chi connectivity index (χ0n) is 11.4. The van der Waals surface area contributed by atoms with Gasteiger partial charge in [-0.05, 0) is 31.0 Å². The van der Waals surface area contributed by atoms with Crippen molar-refractivity contribution in [2.24, 2.45) is 5.92 Å². The normalized spacial score (nSPS) is 24.7. The number of anilines is 2. The van der Waals surface area contributed by atoms with E-state index in [0.717, 1.165) is 25.7 Å². The molecule has 2 aliphatic rings. The average molecular weight is 276 g/mol. The summed E-state index contributed by atoms with van der Waals surface area (Å²) in [6, 6.07) is 7.20. The third-order valence-corrected chi connectivity index (χ3v) is 4.05. The number of nitrogens with one attached hydrogen (secondary N) is 1. The van der Waals surface area contributed by atoms with E-state index in [0.29, 0.717) is 24.6 Å². The molecule has 1 unspecified atom stereocenters. The maximum absolute atomic E-state index is 12.5. The highest BCUT2D eigenvalue weighted by atomic mass is 16.7. The molecular formula is C15H20N2O3. The fourth-order valence-corrected chi connectivity index (χ4v) is 3.11. The van der Waals surface area contributed by atoms with Gasteiger partial charge in [0.15, 0.2) is 5.79 Å². The van der Waals surface area contributed by atoms with Gasteiger partial charge in [0.25, 0.3) is 0 Å². The number of hydrogen-bond acceptors (Lipinski definition) is 4. The molecule has 108 valence electrons. The smallest absolute Gasteiger partial charge is 0.232 e. The van der Waals surface area contributed by atoms with E-state index in [-0.39, 0.29) is 11.8 Å². The fraction of sp³-hybridized carbons (Fsp3) is 0.533.